The first kappa shape index (κ1) is 12.3. The highest BCUT2D eigenvalue weighted by molar-refractivity contribution is 6.80. The summed E-state index contributed by atoms with van der Waals surface area (Å²) in [6.07, 6.45) is 0. The van der Waals surface area contributed by atoms with Crippen LogP contribution in [0.25, 0.3) is 0 Å². The SMILES string of the molecule is [B-][N@+]1(CC[Si](C)(C)C(C)(C)C)C[C@@H]1C. The lowest BCUT2D eigenvalue weighted by Crippen LogP contribution is -2.41. The summed E-state index contributed by atoms with van der Waals surface area (Å²) in [5.74, 6) is 0. The van der Waals surface area contributed by atoms with Gasteiger partial charge >= 0.3 is 0 Å². The molecule has 1 nitrogen and oxygen atoms in total. The Morgan fingerprint density at radius 3 is 2.07 bits per heavy atom. The average molecular weight is 210 g/mol. The third kappa shape index (κ3) is 2.43. The van der Waals surface area contributed by atoms with Gasteiger partial charge in [-0.1, -0.05) is 33.9 Å². The Balaban J connectivity index is 2.45. The van der Waals surface area contributed by atoms with Crippen LogP contribution in [-0.2, 0) is 0 Å². The second-order valence-electron chi connectivity index (χ2n) is 6.74. The first-order chi connectivity index (χ1) is 6.08. The fourth-order valence-corrected chi connectivity index (χ4v) is 3.34. The number of rotatable bonds is 3. The van der Waals surface area contributed by atoms with Gasteiger partial charge in [0.15, 0.2) is 0 Å². The quantitative estimate of drug-likeness (QED) is 0.496. The molecule has 3 heteroatoms. The van der Waals surface area contributed by atoms with E-state index < -0.39 is 8.07 Å². The smallest absolute Gasteiger partial charge is 0.0856 e. The van der Waals surface area contributed by atoms with Crippen molar-refractivity contribution in [2.24, 2.45) is 0 Å². The minimum Gasteiger partial charge on any atom is -0.577 e. The maximum Gasteiger partial charge on any atom is 0.0856 e. The largest absolute Gasteiger partial charge is 0.577 e. The summed E-state index contributed by atoms with van der Waals surface area (Å²) < 4.78 is 0.840. The van der Waals surface area contributed by atoms with Crippen molar-refractivity contribution >= 4 is 16.1 Å². The highest BCUT2D eigenvalue weighted by atomic mass is 28.3. The fraction of sp³-hybridized carbons (Fsp3) is 1.00. The van der Waals surface area contributed by atoms with Crippen LogP contribution in [0.3, 0.4) is 0 Å². The minimum absolute atomic E-state index is 0.505. The molecule has 0 aliphatic carbocycles. The van der Waals surface area contributed by atoms with Crippen molar-refractivity contribution in [2.75, 3.05) is 13.1 Å². The van der Waals surface area contributed by atoms with Crippen molar-refractivity contribution in [1.82, 2.24) is 0 Å². The first-order valence-corrected chi connectivity index (χ1v) is 8.95. The molecule has 0 saturated carbocycles. The molecule has 0 amide bonds. The molecule has 0 unspecified atom stereocenters. The molecule has 3 radical (unpaired) electrons. The lowest BCUT2D eigenvalue weighted by Gasteiger charge is -2.40. The van der Waals surface area contributed by atoms with Gasteiger partial charge in [0, 0.05) is 6.54 Å². The molecule has 1 heterocycles. The van der Waals surface area contributed by atoms with Gasteiger partial charge in [-0.05, 0) is 18.0 Å². The van der Waals surface area contributed by atoms with Crippen molar-refractivity contribution in [3.05, 3.63) is 0 Å². The molecule has 1 aliphatic heterocycles. The van der Waals surface area contributed by atoms with E-state index in [-0.39, 0.29) is 0 Å². The van der Waals surface area contributed by atoms with Gasteiger partial charge in [-0.3, -0.25) is 0 Å². The van der Waals surface area contributed by atoms with Crippen molar-refractivity contribution < 1.29 is 4.39 Å². The minimum atomic E-state index is -1.10. The van der Waals surface area contributed by atoms with E-state index in [1.807, 2.05) is 0 Å². The second kappa shape index (κ2) is 3.38. The molecule has 2 atom stereocenters. The molecular formula is C11H25BNSi. The molecule has 1 rings (SSSR count). The number of hydrogen-bond acceptors (Lipinski definition) is 0. The van der Waals surface area contributed by atoms with Gasteiger partial charge < -0.3 is 4.39 Å². The highest BCUT2D eigenvalue weighted by Crippen LogP contribution is 2.40. The topological polar surface area (TPSA) is 0 Å². The monoisotopic (exact) mass is 210 g/mol. The third-order valence-electron chi connectivity index (χ3n) is 4.53. The van der Waals surface area contributed by atoms with Gasteiger partial charge in [-0.2, -0.15) is 0 Å². The summed E-state index contributed by atoms with van der Waals surface area (Å²) in [7, 11) is 5.10. The predicted octanol–water partition coefficient (Wildman–Crippen LogP) is 2.80. The molecular weight excluding hydrogens is 185 g/mol. The van der Waals surface area contributed by atoms with Crippen molar-refractivity contribution in [2.45, 2.75) is 57.9 Å². The van der Waals surface area contributed by atoms with Gasteiger partial charge in [-0.25, -0.2) is 7.98 Å². The highest BCUT2D eigenvalue weighted by Gasteiger charge is 2.40. The van der Waals surface area contributed by atoms with Crippen molar-refractivity contribution in [3.8, 4) is 0 Å². The molecule has 0 bridgehead atoms. The Morgan fingerprint density at radius 1 is 1.36 bits per heavy atom. The predicted molar refractivity (Wildman–Crippen MR) is 67.2 cm³/mol. The van der Waals surface area contributed by atoms with Crippen molar-refractivity contribution in [3.63, 3.8) is 0 Å². The van der Waals surface area contributed by atoms with Crippen LogP contribution in [0.2, 0.25) is 24.2 Å². The normalized spacial score (nSPS) is 33.2. The molecule has 0 aromatic heterocycles. The van der Waals surface area contributed by atoms with Gasteiger partial charge in [0.05, 0.1) is 20.7 Å². The van der Waals surface area contributed by atoms with Crippen LogP contribution in [0.15, 0.2) is 0 Å². The van der Waals surface area contributed by atoms with Crippen LogP contribution in [0.5, 0.6) is 0 Å². The van der Waals surface area contributed by atoms with E-state index in [1.54, 1.807) is 0 Å². The summed E-state index contributed by atoms with van der Waals surface area (Å²) >= 11 is 0. The Morgan fingerprint density at radius 2 is 1.79 bits per heavy atom. The van der Waals surface area contributed by atoms with Gasteiger partial charge in [0.25, 0.3) is 0 Å². The van der Waals surface area contributed by atoms with Crippen LogP contribution in [0.4, 0.5) is 0 Å². The van der Waals surface area contributed by atoms with E-state index in [0.29, 0.717) is 11.1 Å². The zero-order chi connectivity index (χ0) is 11.2. The molecule has 0 aromatic carbocycles. The van der Waals surface area contributed by atoms with E-state index in [0.717, 1.165) is 4.39 Å². The third-order valence-corrected chi connectivity index (χ3v) is 10.1. The molecule has 0 N–H and O–H groups in total. The summed E-state index contributed by atoms with van der Waals surface area (Å²) in [5, 5.41) is 0.505. The Kier molecular flexibility index (Phi) is 2.97. The second-order valence-corrected chi connectivity index (χ2v) is 12.5. The maximum absolute atomic E-state index is 6.20. The molecule has 0 spiro atoms. The van der Waals surface area contributed by atoms with Crippen LogP contribution < -0.4 is 0 Å². The molecule has 0 aromatic rings. The summed E-state index contributed by atoms with van der Waals surface area (Å²) in [6.45, 7) is 16.8. The van der Waals surface area contributed by atoms with Gasteiger partial charge in [-0.15, -0.1) is 0 Å². The molecule has 1 fully saturated rings. The molecule has 81 valence electrons. The summed E-state index contributed by atoms with van der Waals surface area (Å²) in [6, 6.07) is 2.07. The fourth-order valence-electron chi connectivity index (χ4n) is 1.62. The number of quaternary nitrogens is 1. The standard InChI is InChI=1S/C11H25BNSi/c1-10-9-13(10,12)7-8-14(5,6)11(2,3)4/h10H,7-9H2,1-6H3/t10-,13+/m0/s1. The zero-order valence-electron chi connectivity index (χ0n) is 10.7. The number of nitrogens with zero attached hydrogens (tertiary/aromatic N) is 1. The maximum atomic E-state index is 6.20. The van der Waals surface area contributed by atoms with Crippen molar-refractivity contribution in [1.29, 1.82) is 0 Å². The lowest BCUT2D eigenvalue weighted by molar-refractivity contribution is -0.684. The van der Waals surface area contributed by atoms with E-state index in [4.69, 9.17) is 7.98 Å². The Labute approximate surface area is 91.9 Å². The van der Waals surface area contributed by atoms with E-state index in [9.17, 15) is 0 Å². The van der Waals surface area contributed by atoms with E-state index in [1.165, 1.54) is 19.1 Å². The average Bonchev–Trinajstić information content (AvgIpc) is 2.55. The Hall–Kier alpha value is 0.242. The lowest BCUT2D eigenvalue weighted by atomic mass is 10.2. The van der Waals surface area contributed by atoms with Gasteiger partial charge in [0.1, 0.15) is 0 Å². The Bertz CT molecular complexity index is 222. The molecule has 14 heavy (non-hydrogen) atoms. The summed E-state index contributed by atoms with van der Waals surface area (Å²) in [4.78, 5) is 0. The van der Waals surface area contributed by atoms with E-state index >= 15 is 0 Å². The first-order valence-electron chi connectivity index (χ1n) is 5.74. The van der Waals surface area contributed by atoms with Crippen LogP contribution in [0, 0.1) is 0 Å². The molecule has 1 aliphatic rings. The van der Waals surface area contributed by atoms with Gasteiger partial charge in [0.2, 0.25) is 0 Å². The van der Waals surface area contributed by atoms with Crippen LogP contribution in [0.1, 0.15) is 27.7 Å². The molecule has 1 saturated heterocycles. The summed E-state index contributed by atoms with van der Waals surface area (Å²) in [5.41, 5.74) is 0. The zero-order valence-corrected chi connectivity index (χ0v) is 11.7. The van der Waals surface area contributed by atoms with E-state index in [2.05, 4.69) is 40.8 Å². The number of hydrogen-bond donors (Lipinski definition) is 0. The van der Waals surface area contributed by atoms with Crippen LogP contribution in [-0.4, -0.2) is 39.6 Å². The van der Waals surface area contributed by atoms with Crippen LogP contribution >= 0.6 is 0 Å².